The van der Waals surface area contributed by atoms with Crippen LogP contribution in [0, 0.1) is 5.92 Å². The molecule has 1 unspecified atom stereocenters. The van der Waals surface area contributed by atoms with Crippen LogP contribution in [0.15, 0.2) is 24.3 Å². The highest BCUT2D eigenvalue weighted by Crippen LogP contribution is 2.21. The topological polar surface area (TPSA) is 29.5 Å². The molecule has 17 heavy (non-hydrogen) atoms. The molecule has 1 N–H and O–H groups in total. The van der Waals surface area contributed by atoms with Crippen LogP contribution in [-0.4, -0.2) is 17.3 Å². The summed E-state index contributed by atoms with van der Waals surface area (Å²) >= 11 is 0. The van der Waals surface area contributed by atoms with E-state index in [1.165, 1.54) is 5.56 Å². The summed E-state index contributed by atoms with van der Waals surface area (Å²) in [5.74, 6) is 1.52. The van der Waals surface area contributed by atoms with Crippen LogP contribution in [-0.2, 0) is 0 Å². The zero-order valence-electron chi connectivity index (χ0n) is 11.5. The van der Waals surface area contributed by atoms with E-state index in [1.807, 2.05) is 26.0 Å². The summed E-state index contributed by atoms with van der Waals surface area (Å²) in [5.41, 5.74) is 0.518. The van der Waals surface area contributed by atoms with Crippen molar-refractivity contribution >= 4 is 0 Å². The van der Waals surface area contributed by atoms with E-state index in [0.29, 0.717) is 12.5 Å². The van der Waals surface area contributed by atoms with Crippen LogP contribution in [0.25, 0.3) is 0 Å². The molecule has 1 rings (SSSR count). The van der Waals surface area contributed by atoms with E-state index in [9.17, 15) is 5.11 Å². The van der Waals surface area contributed by atoms with E-state index in [-0.39, 0.29) is 5.92 Å². The minimum absolute atomic E-state index is 0.178. The summed E-state index contributed by atoms with van der Waals surface area (Å²) in [7, 11) is 0. The largest absolute Gasteiger partial charge is 0.491 e. The van der Waals surface area contributed by atoms with E-state index in [1.54, 1.807) is 6.92 Å². The first-order valence-corrected chi connectivity index (χ1v) is 6.28. The van der Waals surface area contributed by atoms with E-state index in [2.05, 4.69) is 26.0 Å². The maximum Gasteiger partial charge on any atom is 0.119 e. The first kappa shape index (κ1) is 14.0. The van der Waals surface area contributed by atoms with Crippen molar-refractivity contribution in [2.75, 3.05) is 6.61 Å². The molecule has 2 heteroatoms. The van der Waals surface area contributed by atoms with Crippen molar-refractivity contribution in [3.63, 3.8) is 0 Å². The Hall–Kier alpha value is -1.02. The van der Waals surface area contributed by atoms with E-state index < -0.39 is 5.60 Å². The Bertz CT molecular complexity index is 336. The number of ether oxygens (including phenoxy) is 1. The SMILES string of the molecule is CC(C)c1ccc(OCC(C)(O)C(C)C)cc1. The standard InChI is InChI=1S/C15H24O2/c1-11(2)13-6-8-14(9-7-13)17-10-15(5,16)12(3)4/h6-9,11-12,16H,10H2,1-5H3. The molecule has 0 radical (unpaired) electrons. The second-order valence-electron chi connectivity index (χ2n) is 5.52. The van der Waals surface area contributed by atoms with Crippen molar-refractivity contribution in [2.45, 2.75) is 46.1 Å². The van der Waals surface area contributed by atoms with Crippen molar-refractivity contribution in [2.24, 2.45) is 5.92 Å². The zero-order chi connectivity index (χ0) is 13.1. The Kier molecular flexibility index (Phi) is 4.58. The molecule has 0 aliphatic heterocycles. The number of hydrogen-bond donors (Lipinski definition) is 1. The van der Waals surface area contributed by atoms with Crippen molar-refractivity contribution in [1.29, 1.82) is 0 Å². The number of aliphatic hydroxyl groups is 1. The van der Waals surface area contributed by atoms with Crippen molar-refractivity contribution in [3.8, 4) is 5.75 Å². The van der Waals surface area contributed by atoms with Gasteiger partial charge >= 0.3 is 0 Å². The van der Waals surface area contributed by atoms with Gasteiger partial charge in [0.05, 0.1) is 5.60 Å². The molecule has 0 bridgehead atoms. The number of benzene rings is 1. The monoisotopic (exact) mass is 236 g/mol. The van der Waals surface area contributed by atoms with Gasteiger partial charge in [0.2, 0.25) is 0 Å². The highest BCUT2D eigenvalue weighted by molar-refractivity contribution is 5.28. The molecule has 1 aromatic rings. The fourth-order valence-electron chi connectivity index (χ4n) is 1.35. The summed E-state index contributed by atoms with van der Waals surface area (Å²) < 4.78 is 5.62. The molecule has 2 nitrogen and oxygen atoms in total. The summed E-state index contributed by atoms with van der Waals surface area (Å²) in [5, 5.41) is 10.1. The predicted molar refractivity (Wildman–Crippen MR) is 71.5 cm³/mol. The first-order valence-electron chi connectivity index (χ1n) is 6.28. The second-order valence-corrected chi connectivity index (χ2v) is 5.52. The Morgan fingerprint density at radius 1 is 1.12 bits per heavy atom. The third-order valence-electron chi connectivity index (χ3n) is 3.32. The Balaban J connectivity index is 2.59. The lowest BCUT2D eigenvalue weighted by molar-refractivity contribution is -0.0266. The van der Waals surface area contributed by atoms with Gasteiger partial charge in [-0.3, -0.25) is 0 Å². The summed E-state index contributed by atoms with van der Waals surface area (Å²) in [4.78, 5) is 0. The van der Waals surface area contributed by atoms with Crippen LogP contribution in [0.2, 0.25) is 0 Å². The molecule has 0 aliphatic carbocycles. The van der Waals surface area contributed by atoms with Gasteiger partial charge in [-0.2, -0.15) is 0 Å². The molecular formula is C15H24O2. The minimum Gasteiger partial charge on any atom is -0.491 e. The van der Waals surface area contributed by atoms with Crippen molar-refractivity contribution < 1.29 is 9.84 Å². The molecular weight excluding hydrogens is 212 g/mol. The Morgan fingerprint density at radius 3 is 2.06 bits per heavy atom. The fourth-order valence-corrected chi connectivity index (χ4v) is 1.35. The number of hydrogen-bond acceptors (Lipinski definition) is 2. The normalized spacial score (nSPS) is 15.1. The molecule has 0 aromatic heterocycles. The zero-order valence-corrected chi connectivity index (χ0v) is 11.5. The maximum absolute atomic E-state index is 10.1. The van der Waals surface area contributed by atoms with Gasteiger partial charge in [-0.1, -0.05) is 39.8 Å². The van der Waals surface area contributed by atoms with Gasteiger partial charge in [0, 0.05) is 0 Å². The van der Waals surface area contributed by atoms with Crippen molar-refractivity contribution in [1.82, 2.24) is 0 Å². The van der Waals surface area contributed by atoms with Crippen molar-refractivity contribution in [3.05, 3.63) is 29.8 Å². The second kappa shape index (κ2) is 5.54. The van der Waals surface area contributed by atoms with Crippen LogP contribution >= 0.6 is 0 Å². The van der Waals surface area contributed by atoms with Crippen LogP contribution in [0.4, 0.5) is 0 Å². The summed E-state index contributed by atoms with van der Waals surface area (Å²) in [6, 6.07) is 8.08. The average molecular weight is 236 g/mol. The van der Waals surface area contributed by atoms with E-state index in [0.717, 1.165) is 5.75 Å². The molecule has 0 heterocycles. The molecule has 0 saturated carbocycles. The predicted octanol–water partition coefficient (Wildman–Crippen LogP) is 3.60. The number of rotatable bonds is 5. The van der Waals surface area contributed by atoms with E-state index >= 15 is 0 Å². The molecule has 0 amide bonds. The van der Waals surface area contributed by atoms with Gasteiger partial charge in [-0.25, -0.2) is 0 Å². The molecule has 1 aromatic carbocycles. The first-order chi connectivity index (χ1) is 7.83. The van der Waals surface area contributed by atoms with Crippen LogP contribution in [0.3, 0.4) is 0 Å². The molecule has 0 fully saturated rings. The minimum atomic E-state index is -0.781. The molecule has 0 aliphatic rings. The lowest BCUT2D eigenvalue weighted by atomic mass is 9.94. The third-order valence-corrected chi connectivity index (χ3v) is 3.32. The van der Waals surface area contributed by atoms with Gasteiger partial charge < -0.3 is 9.84 Å². The molecule has 1 atom stereocenters. The lowest BCUT2D eigenvalue weighted by Gasteiger charge is -2.27. The highest BCUT2D eigenvalue weighted by atomic mass is 16.5. The Labute approximate surface area is 105 Å². The van der Waals surface area contributed by atoms with Gasteiger partial charge in [0.25, 0.3) is 0 Å². The molecule has 96 valence electrons. The van der Waals surface area contributed by atoms with Crippen LogP contribution in [0.1, 0.15) is 46.1 Å². The Morgan fingerprint density at radius 2 is 1.65 bits per heavy atom. The fraction of sp³-hybridized carbons (Fsp3) is 0.600. The smallest absolute Gasteiger partial charge is 0.119 e. The van der Waals surface area contributed by atoms with Gasteiger partial charge in [-0.15, -0.1) is 0 Å². The third kappa shape index (κ3) is 4.04. The lowest BCUT2D eigenvalue weighted by Crippen LogP contribution is -2.37. The molecule has 0 saturated heterocycles. The highest BCUT2D eigenvalue weighted by Gasteiger charge is 2.25. The van der Waals surface area contributed by atoms with Crippen LogP contribution < -0.4 is 4.74 Å². The maximum atomic E-state index is 10.1. The van der Waals surface area contributed by atoms with Gasteiger partial charge in [0.1, 0.15) is 12.4 Å². The summed E-state index contributed by atoms with van der Waals surface area (Å²) in [6.45, 7) is 10.4. The van der Waals surface area contributed by atoms with E-state index in [4.69, 9.17) is 4.74 Å². The quantitative estimate of drug-likeness (QED) is 0.846. The van der Waals surface area contributed by atoms with Gasteiger partial charge in [0.15, 0.2) is 0 Å². The summed E-state index contributed by atoms with van der Waals surface area (Å²) in [6.07, 6.45) is 0. The average Bonchev–Trinajstić information content (AvgIpc) is 2.27. The molecule has 0 spiro atoms. The van der Waals surface area contributed by atoms with Crippen LogP contribution in [0.5, 0.6) is 5.75 Å². The van der Waals surface area contributed by atoms with Gasteiger partial charge in [-0.05, 0) is 36.5 Å².